The Morgan fingerprint density at radius 2 is 2.22 bits per heavy atom. The average molecular weight is 370 g/mol. The number of nitrogens with one attached hydrogen (secondary N) is 2. The topological polar surface area (TPSA) is 85.4 Å². The lowest BCUT2D eigenvalue weighted by Gasteiger charge is -2.24. The van der Waals surface area contributed by atoms with Crippen LogP contribution in [0.5, 0.6) is 5.75 Å². The van der Waals surface area contributed by atoms with Gasteiger partial charge in [0, 0.05) is 30.3 Å². The summed E-state index contributed by atoms with van der Waals surface area (Å²) in [4.78, 5) is 11.1. The third-order valence-electron chi connectivity index (χ3n) is 4.53. The maximum absolute atomic E-state index is 11.1. The number of hydrogen-bond acceptors (Lipinski definition) is 7. The number of nitrogens with zero attached hydrogens (tertiary/aromatic N) is 2. The molecular weight excluding hydrogens is 344 g/mol. The number of hydrogen-bond donors (Lipinski definition) is 2. The summed E-state index contributed by atoms with van der Waals surface area (Å²) in [5, 5.41) is 15.6. The Morgan fingerprint density at radius 3 is 2.93 bits per heavy atom. The highest BCUT2D eigenvalue weighted by atomic mass is 16.7. The maximum atomic E-state index is 11.1. The molecule has 2 heterocycles. The lowest BCUT2D eigenvalue weighted by molar-refractivity contribution is 0.0227. The van der Waals surface area contributed by atoms with Gasteiger partial charge in [0.1, 0.15) is 17.9 Å². The van der Waals surface area contributed by atoms with Crippen molar-refractivity contribution < 1.29 is 14.3 Å². The predicted molar refractivity (Wildman–Crippen MR) is 104 cm³/mol. The molecule has 1 unspecified atom stereocenters. The smallest absolute Gasteiger partial charge is 0.189 e. The SMILES string of the molecule is CCOCOc1cc(C=O)ccc1-c1nnc(NC2CCCNC2)cc1C. The van der Waals surface area contributed by atoms with Crippen molar-refractivity contribution in [2.45, 2.75) is 32.7 Å². The summed E-state index contributed by atoms with van der Waals surface area (Å²) in [7, 11) is 0. The Bertz CT molecular complexity index is 776. The van der Waals surface area contributed by atoms with E-state index in [0.717, 1.165) is 54.9 Å². The molecule has 1 atom stereocenters. The van der Waals surface area contributed by atoms with Crippen LogP contribution in [0.15, 0.2) is 24.3 Å². The molecule has 1 aromatic heterocycles. The summed E-state index contributed by atoms with van der Waals surface area (Å²) in [6.45, 7) is 6.57. The van der Waals surface area contributed by atoms with Crippen molar-refractivity contribution in [1.82, 2.24) is 15.5 Å². The third kappa shape index (κ3) is 5.02. The minimum absolute atomic E-state index is 0.118. The number of ether oxygens (including phenoxy) is 2. The number of piperidine rings is 1. The number of aldehydes is 1. The molecular formula is C20H26N4O3. The molecule has 1 aliphatic rings. The first kappa shape index (κ1) is 19.3. The van der Waals surface area contributed by atoms with Gasteiger partial charge in [-0.3, -0.25) is 4.79 Å². The van der Waals surface area contributed by atoms with Gasteiger partial charge in [-0.25, -0.2) is 0 Å². The van der Waals surface area contributed by atoms with Gasteiger partial charge in [0.15, 0.2) is 6.79 Å². The van der Waals surface area contributed by atoms with E-state index < -0.39 is 0 Å². The molecule has 2 N–H and O–H groups in total. The second kappa shape index (κ2) is 9.43. The lowest BCUT2D eigenvalue weighted by Crippen LogP contribution is -2.38. The van der Waals surface area contributed by atoms with Crippen LogP contribution in [0.25, 0.3) is 11.3 Å². The van der Waals surface area contributed by atoms with Gasteiger partial charge in [0.2, 0.25) is 0 Å². The van der Waals surface area contributed by atoms with Crippen LogP contribution < -0.4 is 15.4 Å². The van der Waals surface area contributed by atoms with Crippen molar-refractivity contribution in [1.29, 1.82) is 0 Å². The maximum Gasteiger partial charge on any atom is 0.189 e. The normalized spacial score (nSPS) is 16.7. The first-order valence-electron chi connectivity index (χ1n) is 9.33. The fourth-order valence-electron chi connectivity index (χ4n) is 3.12. The largest absolute Gasteiger partial charge is 0.467 e. The van der Waals surface area contributed by atoms with E-state index in [4.69, 9.17) is 9.47 Å². The monoisotopic (exact) mass is 370 g/mol. The standard InChI is InChI=1S/C20H26N4O3/c1-3-26-13-27-18-10-15(12-25)6-7-17(18)20-14(2)9-19(23-24-20)22-16-5-4-8-21-11-16/h6-7,9-10,12,16,21H,3-5,8,11,13H2,1-2H3,(H,22,23). The van der Waals surface area contributed by atoms with Crippen LogP contribution >= 0.6 is 0 Å². The second-order valence-corrected chi connectivity index (χ2v) is 6.58. The van der Waals surface area contributed by atoms with Crippen molar-refractivity contribution in [3.8, 4) is 17.0 Å². The Hall–Kier alpha value is -2.51. The number of benzene rings is 1. The number of rotatable bonds is 8. The van der Waals surface area contributed by atoms with Crippen LogP contribution in [0.2, 0.25) is 0 Å². The van der Waals surface area contributed by atoms with Gasteiger partial charge < -0.3 is 20.1 Å². The summed E-state index contributed by atoms with van der Waals surface area (Å²) in [5.74, 6) is 1.33. The van der Waals surface area contributed by atoms with E-state index in [0.29, 0.717) is 24.0 Å². The van der Waals surface area contributed by atoms with Gasteiger partial charge >= 0.3 is 0 Å². The van der Waals surface area contributed by atoms with Gasteiger partial charge in [-0.2, -0.15) is 0 Å². The van der Waals surface area contributed by atoms with E-state index in [1.54, 1.807) is 12.1 Å². The van der Waals surface area contributed by atoms with E-state index in [2.05, 4.69) is 20.8 Å². The summed E-state index contributed by atoms with van der Waals surface area (Å²) < 4.78 is 11.0. The minimum Gasteiger partial charge on any atom is -0.467 e. The molecule has 1 fully saturated rings. The average Bonchev–Trinajstić information content (AvgIpc) is 2.69. The minimum atomic E-state index is 0.118. The summed E-state index contributed by atoms with van der Waals surface area (Å²) in [6.07, 6.45) is 3.07. The van der Waals surface area contributed by atoms with Gasteiger partial charge in [-0.15, -0.1) is 10.2 Å². The molecule has 0 spiro atoms. The molecule has 7 nitrogen and oxygen atoms in total. The number of carbonyl (C=O) groups excluding carboxylic acids is 1. The van der Waals surface area contributed by atoms with Crippen molar-refractivity contribution in [2.24, 2.45) is 0 Å². The van der Waals surface area contributed by atoms with Crippen molar-refractivity contribution in [3.05, 3.63) is 35.4 Å². The predicted octanol–water partition coefficient (Wildman–Crippen LogP) is 2.80. The van der Waals surface area contributed by atoms with Crippen LogP contribution in [-0.4, -0.2) is 49.0 Å². The molecule has 27 heavy (non-hydrogen) atoms. The van der Waals surface area contributed by atoms with Crippen LogP contribution in [-0.2, 0) is 4.74 Å². The zero-order chi connectivity index (χ0) is 19.1. The highest BCUT2D eigenvalue weighted by molar-refractivity contribution is 5.80. The van der Waals surface area contributed by atoms with Crippen molar-refractivity contribution in [2.75, 3.05) is 31.8 Å². The first-order chi connectivity index (χ1) is 13.2. The molecule has 3 rings (SSSR count). The van der Waals surface area contributed by atoms with E-state index in [1.807, 2.05) is 26.0 Å². The fourth-order valence-corrected chi connectivity index (χ4v) is 3.12. The van der Waals surface area contributed by atoms with Crippen molar-refractivity contribution in [3.63, 3.8) is 0 Å². The van der Waals surface area contributed by atoms with Gasteiger partial charge in [0.25, 0.3) is 0 Å². The molecule has 7 heteroatoms. The summed E-state index contributed by atoms with van der Waals surface area (Å²) in [6, 6.07) is 7.64. The molecule has 1 aliphatic heterocycles. The third-order valence-corrected chi connectivity index (χ3v) is 4.53. The fraction of sp³-hybridized carbons (Fsp3) is 0.450. The molecule has 1 aromatic carbocycles. The Morgan fingerprint density at radius 1 is 1.33 bits per heavy atom. The summed E-state index contributed by atoms with van der Waals surface area (Å²) in [5.41, 5.74) is 3.04. The zero-order valence-electron chi connectivity index (χ0n) is 15.8. The van der Waals surface area contributed by atoms with Gasteiger partial charge in [-0.1, -0.05) is 6.07 Å². The number of aryl methyl sites for hydroxylation is 1. The Labute approximate surface area is 159 Å². The van der Waals surface area contributed by atoms with Gasteiger partial charge in [0.05, 0.1) is 5.69 Å². The van der Waals surface area contributed by atoms with Gasteiger partial charge in [-0.05, 0) is 57.0 Å². The molecule has 1 saturated heterocycles. The molecule has 0 saturated carbocycles. The van der Waals surface area contributed by atoms with Crippen LogP contribution in [0.4, 0.5) is 5.82 Å². The van der Waals surface area contributed by atoms with E-state index in [-0.39, 0.29) is 6.79 Å². The number of anilines is 1. The molecule has 0 radical (unpaired) electrons. The summed E-state index contributed by atoms with van der Waals surface area (Å²) >= 11 is 0. The molecule has 2 aromatic rings. The van der Waals surface area contributed by atoms with Crippen LogP contribution in [0.1, 0.15) is 35.7 Å². The highest BCUT2D eigenvalue weighted by Crippen LogP contribution is 2.32. The van der Waals surface area contributed by atoms with E-state index >= 15 is 0 Å². The van der Waals surface area contributed by atoms with Crippen LogP contribution in [0, 0.1) is 6.92 Å². The Kier molecular flexibility index (Phi) is 6.73. The molecule has 0 aliphatic carbocycles. The highest BCUT2D eigenvalue weighted by Gasteiger charge is 2.16. The number of aromatic nitrogens is 2. The second-order valence-electron chi connectivity index (χ2n) is 6.58. The van der Waals surface area contributed by atoms with E-state index in [9.17, 15) is 4.79 Å². The molecule has 144 valence electrons. The lowest BCUT2D eigenvalue weighted by atomic mass is 10.0. The first-order valence-corrected chi connectivity index (χ1v) is 9.33. The van der Waals surface area contributed by atoms with Crippen LogP contribution in [0.3, 0.4) is 0 Å². The molecule has 0 bridgehead atoms. The van der Waals surface area contributed by atoms with Crippen molar-refractivity contribution >= 4 is 12.1 Å². The van der Waals surface area contributed by atoms with E-state index in [1.165, 1.54) is 0 Å². The Balaban J connectivity index is 1.83. The number of carbonyl (C=O) groups is 1. The zero-order valence-corrected chi connectivity index (χ0v) is 15.8. The quantitative estimate of drug-likeness (QED) is 0.420. The molecule has 0 amide bonds.